The van der Waals surface area contributed by atoms with Crippen molar-refractivity contribution in [1.29, 1.82) is 0 Å². The molecular formula is C54H34N4. The minimum Gasteiger partial charge on any atom is -0.309 e. The normalized spacial score (nSPS) is 11.8. The Morgan fingerprint density at radius 2 is 0.741 bits per heavy atom. The summed E-state index contributed by atoms with van der Waals surface area (Å²) in [5.74, 6) is 0.632. The molecular weight excluding hydrogens is 705 g/mol. The average molecular weight is 739 g/mol. The van der Waals surface area contributed by atoms with Gasteiger partial charge in [0, 0.05) is 38.1 Å². The van der Waals surface area contributed by atoms with Gasteiger partial charge in [0.2, 0.25) is 5.95 Å². The lowest BCUT2D eigenvalue weighted by Gasteiger charge is -2.13. The third kappa shape index (κ3) is 5.09. The Bertz CT molecular complexity index is 3460. The minimum absolute atomic E-state index is 0.632. The molecule has 0 bridgehead atoms. The molecule has 0 amide bonds. The molecule has 0 aliphatic carbocycles. The molecule has 4 nitrogen and oxygen atoms in total. The van der Waals surface area contributed by atoms with Gasteiger partial charge in [-0.25, -0.2) is 9.97 Å². The van der Waals surface area contributed by atoms with Crippen molar-refractivity contribution in [2.45, 2.75) is 0 Å². The van der Waals surface area contributed by atoms with Crippen LogP contribution in [-0.4, -0.2) is 18.9 Å². The number of pyridine rings is 1. The first-order valence-corrected chi connectivity index (χ1v) is 19.7. The quantitative estimate of drug-likeness (QED) is 0.165. The molecule has 0 spiro atoms. The van der Waals surface area contributed by atoms with E-state index in [2.05, 4.69) is 215 Å². The van der Waals surface area contributed by atoms with E-state index in [-0.39, 0.29) is 0 Å². The summed E-state index contributed by atoms with van der Waals surface area (Å²) in [4.78, 5) is 10.9. The molecule has 0 unspecified atom stereocenters. The van der Waals surface area contributed by atoms with Crippen LogP contribution in [0.25, 0.3) is 111 Å². The Labute approximate surface area is 334 Å². The van der Waals surface area contributed by atoms with Crippen LogP contribution in [-0.2, 0) is 0 Å². The van der Waals surface area contributed by atoms with Gasteiger partial charge in [-0.1, -0.05) is 158 Å². The van der Waals surface area contributed by atoms with Crippen molar-refractivity contribution in [3.63, 3.8) is 0 Å². The highest BCUT2D eigenvalue weighted by molar-refractivity contribution is 6.18. The monoisotopic (exact) mass is 738 g/mol. The number of rotatable bonds is 5. The van der Waals surface area contributed by atoms with Gasteiger partial charge in [-0.2, -0.15) is 0 Å². The van der Waals surface area contributed by atoms with Gasteiger partial charge in [-0.05, 0) is 76.2 Å². The van der Waals surface area contributed by atoms with Crippen molar-refractivity contribution in [3.05, 3.63) is 206 Å². The van der Waals surface area contributed by atoms with E-state index in [0.717, 1.165) is 55.4 Å². The first kappa shape index (κ1) is 32.4. The van der Waals surface area contributed by atoms with Crippen LogP contribution in [0.2, 0.25) is 0 Å². The Morgan fingerprint density at radius 3 is 1.36 bits per heavy atom. The zero-order chi connectivity index (χ0) is 38.2. The topological polar surface area (TPSA) is 35.1 Å². The molecule has 8 aromatic carbocycles. The number of aromatic nitrogens is 4. The van der Waals surface area contributed by atoms with Crippen LogP contribution in [0.1, 0.15) is 0 Å². The summed E-state index contributed by atoms with van der Waals surface area (Å²) in [6.45, 7) is 0. The van der Waals surface area contributed by atoms with E-state index < -0.39 is 0 Å². The second-order valence-electron chi connectivity index (χ2n) is 15.0. The highest BCUT2D eigenvalue weighted by Crippen LogP contribution is 2.40. The molecule has 4 heteroatoms. The largest absolute Gasteiger partial charge is 0.309 e. The Kier molecular flexibility index (Phi) is 7.20. The van der Waals surface area contributed by atoms with Gasteiger partial charge in [-0.15, -0.1) is 0 Å². The fraction of sp³-hybridized carbons (Fsp3) is 0. The highest BCUT2D eigenvalue weighted by Gasteiger charge is 2.20. The summed E-state index contributed by atoms with van der Waals surface area (Å²) < 4.78 is 4.70. The second-order valence-corrected chi connectivity index (χ2v) is 15.0. The number of benzene rings is 8. The molecule has 0 N–H and O–H groups in total. The second kappa shape index (κ2) is 12.9. The fourth-order valence-corrected chi connectivity index (χ4v) is 8.99. The van der Waals surface area contributed by atoms with Gasteiger partial charge < -0.3 is 4.40 Å². The summed E-state index contributed by atoms with van der Waals surface area (Å²) in [5.41, 5.74) is 14.1. The zero-order valence-electron chi connectivity index (χ0n) is 31.4. The van der Waals surface area contributed by atoms with E-state index >= 15 is 0 Å². The molecule has 4 aromatic heterocycles. The lowest BCUT2D eigenvalue weighted by Crippen LogP contribution is -2.04. The molecule has 0 radical (unpaired) electrons. The highest BCUT2D eigenvalue weighted by atomic mass is 15.2. The van der Waals surface area contributed by atoms with Gasteiger partial charge >= 0.3 is 0 Å². The van der Waals surface area contributed by atoms with Crippen LogP contribution in [0.15, 0.2) is 206 Å². The molecule has 0 aliphatic heterocycles. The summed E-state index contributed by atoms with van der Waals surface area (Å²) in [6.07, 6.45) is 0. The van der Waals surface area contributed by atoms with Gasteiger partial charge in [0.1, 0.15) is 0 Å². The van der Waals surface area contributed by atoms with Gasteiger partial charge in [-0.3, -0.25) is 4.57 Å². The van der Waals surface area contributed by atoms with Gasteiger partial charge in [0.15, 0.2) is 0 Å². The molecule has 0 fully saturated rings. The Hall–Kier alpha value is -7.82. The van der Waals surface area contributed by atoms with Crippen molar-refractivity contribution < 1.29 is 0 Å². The van der Waals surface area contributed by atoms with Crippen LogP contribution >= 0.6 is 0 Å². The number of hydrogen-bond donors (Lipinski definition) is 0. The van der Waals surface area contributed by atoms with Crippen molar-refractivity contribution in [2.24, 2.45) is 0 Å². The Balaban J connectivity index is 1.14. The van der Waals surface area contributed by atoms with Crippen LogP contribution in [0.3, 0.4) is 0 Å². The Morgan fingerprint density at radius 1 is 0.276 bits per heavy atom. The van der Waals surface area contributed by atoms with E-state index in [4.69, 9.17) is 9.97 Å². The first-order chi connectivity index (χ1) is 28.7. The van der Waals surface area contributed by atoms with Gasteiger partial charge in [0.25, 0.3) is 0 Å². The fourth-order valence-electron chi connectivity index (χ4n) is 8.99. The zero-order valence-corrected chi connectivity index (χ0v) is 31.4. The molecule has 58 heavy (non-hydrogen) atoms. The van der Waals surface area contributed by atoms with E-state index in [1.807, 2.05) is 0 Å². The molecule has 270 valence electrons. The van der Waals surface area contributed by atoms with Crippen LogP contribution < -0.4 is 0 Å². The van der Waals surface area contributed by atoms with Crippen molar-refractivity contribution in [3.8, 4) is 50.7 Å². The third-order valence-electron chi connectivity index (χ3n) is 11.7. The number of para-hydroxylation sites is 2. The van der Waals surface area contributed by atoms with E-state index in [1.54, 1.807) is 0 Å². The summed E-state index contributed by atoms with van der Waals surface area (Å²) >= 11 is 0. The standard InChI is InChI=1S/C54H34N4/c1-3-15-35(16-4-1)37-19-13-21-39(29-37)47-34-48(40-22-14-20-38(30-40)36-17-5-2-6-18-36)56-54(55-47)58-50-28-12-10-26-45(50)46-33-51-41(32-53(46)58)31-52-44-25-8-7-23-42(44)43-24-9-11-27-49(43)57(51)52/h1-34H. The predicted molar refractivity (Wildman–Crippen MR) is 242 cm³/mol. The maximum atomic E-state index is 5.44. The van der Waals surface area contributed by atoms with E-state index in [0.29, 0.717) is 5.95 Å². The summed E-state index contributed by atoms with van der Waals surface area (Å²) in [5, 5.41) is 7.24. The maximum absolute atomic E-state index is 5.44. The van der Waals surface area contributed by atoms with Crippen molar-refractivity contribution in [1.82, 2.24) is 18.9 Å². The first-order valence-electron chi connectivity index (χ1n) is 19.7. The van der Waals surface area contributed by atoms with Gasteiger partial charge in [0.05, 0.1) is 39.0 Å². The maximum Gasteiger partial charge on any atom is 0.235 e. The molecule has 0 aliphatic rings. The van der Waals surface area contributed by atoms with Crippen molar-refractivity contribution >= 4 is 59.9 Å². The summed E-state index contributed by atoms with van der Waals surface area (Å²) in [7, 11) is 0. The lowest BCUT2D eigenvalue weighted by atomic mass is 9.99. The number of nitrogens with zero attached hydrogens (tertiary/aromatic N) is 4. The minimum atomic E-state index is 0.632. The number of hydrogen-bond acceptors (Lipinski definition) is 2. The van der Waals surface area contributed by atoms with E-state index in [9.17, 15) is 0 Å². The van der Waals surface area contributed by atoms with Crippen LogP contribution in [0, 0.1) is 0 Å². The molecule has 4 heterocycles. The average Bonchev–Trinajstić information content (AvgIpc) is 3.84. The molecule has 12 aromatic rings. The molecule has 0 atom stereocenters. The van der Waals surface area contributed by atoms with Crippen molar-refractivity contribution in [2.75, 3.05) is 0 Å². The smallest absolute Gasteiger partial charge is 0.235 e. The van der Waals surface area contributed by atoms with E-state index in [1.165, 1.54) is 49.2 Å². The number of fused-ring (bicyclic) bond motifs is 11. The van der Waals surface area contributed by atoms with Crippen LogP contribution in [0.5, 0.6) is 0 Å². The molecule has 12 rings (SSSR count). The predicted octanol–water partition coefficient (Wildman–Crippen LogP) is 14.0. The summed E-state index contributed by atoms with van der Waals surface area (Å²) in [6, 6.07) is 73.8. The SMILES string of the molecule is c1ccc(-c2cccc(-c3cc(-c4cccc(-c5ccccc5)c4)nc(-n4c5ccccc5c5cc6c(cc54)cc4c5ccccc5c5ccccc5n64)n3)c2)cc1. The molecule has 0 saturated carbocycles. The lowest BCUT2D eigenvalue weighted by molar-refractivity contribution is 0.996. The third-order valence-corrected chi connectivity index (χ3v) is 11.7. The molecule has 0 saturated heterocycles. The van der Waals surface area contributed by atoms with Crippen LogP contribution in [0.4, 0.5) is 0 Å².